The predicted molar refractivity (Wildman–Crippen MR) is 51.3 cm³/mol. The molecule has 0 bridgehead atoms. The molecule has 0 spiro atoms. The number of alkyl halides is 2. The van der Waals surface area contributed by atoms with Crippen molar-refractivity contribution in [3.05, 3.63) is 16.4 Å². The summed E-state index contributed by atoms with van der Waals surface area (Å²) in [6, 6.07) is -0.0651. The van der Waals surface area contributed by atoms with Crippen LogP contribution >= 0.6 is 15.9 Å². The summed E-state index contributed by atoms with van der Waals surface area (Å²) in [5.41, 5.74) is 0.120. The topological polar surface area (TPSA) is 38.0 Å². The lowest BCUT2D eigenvalue weighted by molar-refractivity contribution is -0.0117. The van der Waals surface area contributed by atoms with E-state index in [-0.39, 0.29) is 11.7 Å². The van der Waals surface area contributed by atoms with Crippen LogP contribution in [0.4, 0.5) is 8.78 Å². The lowest BCUT2D eigenvalue weighted by atomic mass is 10.2. The second kappa shape index (κ2) is 4.35. The number of aromatic nitrogens is 2. The van der Waals surface area contributed by atoms with Gasteiger partial charge in [0.25, 0.3) is 6.43 Å². The van der Waals surface area contributed by atoms with Gasteiger partial charge in [-0.05, 0) is 29.8 Å². The minimum Gasteiger partial charge on any atom is -0.381 e. The van der Waals surface area contributed by atoms with Crippen LogP contribution in [0, 0.1) is 0 Å². The number of nitrogens with zero attached hydrogens (tertiary/aromatic N) is 2. The van der Waals surface area contributed by atoms with Gasteiger partial charge in [-0.15, -0.1) is 0 Å². The van der Waals surface area contributed by atoms with E-state index < -0.39 is 12.5 Å². The molecule has 1 N–H and O–H groups in total. The van der Waals surface area contributed by atoms with Crippen molar-refractivity contribution in [2.75, 3.05) is 0 Å². The van der Waals surface area contributed by atoms with Crippen LogP contribution < -0.4 is 0 Å². The third-order valence-electron chi connectivity index (χ3n) is 1.79. The van der Waals surface area contributed by atoms with E-state index in [1.54, 1.807) is 13.8 Å². The fourth-order valence-corrected chi connectivity index (χ4v) is 1.67. The Morgan fingerprint density at radius 2 is 2.07 bits per heavy atom. The van der Waals surface area contributed by atoms with Crippen LogP contribution in [-0.2, 0) is 0 Å². The number of aliphatic hydroxyl groups is 1. The summed E-state index contributed by atoms with van der Waals surface area (Å²) in [4.78, 5) is 0. The summed E-state index contributed by atoms with van der Waals surface area (Å²) in [6.45, 7) is 3.61. The van der Waals surface area contributed by atoms with Gasteiger partial charge in [0.2, 0.25) is 0 Å². The molecule has 3 nitrogen and oxygen atoms in total. The highest BCUT2D eigenvalue weighted by molar-refractivity contribution is 9.10. The molecule has 14 heavy (non-hydrogen) atoms. The molecule has 1 unspecified atom stereocenters. The molecule has 6 heteroatoms. The Balaban J connectivity index is 3.10. The van der Waals surface area contributed by atoms with Gasteiger partial charge >= 0.3 is 0 Å². The molecule has 0 amide bonds. The van der Waals surface area contributed by atoms with E-state index in [4.69, 9.17) is 0 Å². The first-order valence-corrected chi connectivity index (χ1v) is 4.93. The highest BCUT2D eigenvalue weighted by Gasteiger charge is 2.26. The minimum absolute atomic E-state index is 0.0651. The summed E-state index contributed by atoms with van der Waals surface area (Å²) in [7, 11) is 0. The maximum absolute atomic E-state index is 12.3. The van der Waals surface area contributed by atoms with Crippen molar-refractivity contribution in [1.82, 2.24) is 9.78 Å². The molecule has 0 aliphatic carbocycles. The normalized spacial score (nSPS) is 14.0. The van der Waals surface area contributed by atoms with Crippen molar-refractivity contribution in [1.29, 1.82) is 0 Å². The molecule has 1 rings (SSSR count). The van der Waals surface area contributed by atoms with Crippen LogP contribution in [0.1, 0.15) is 31.7 Å². The average molecular weight is 269 g/mol. The molecule has 1 aromatic rings. The molecule has 1 atom stereocenters. The molecule has 0 aliphatic rings. The smallest absolute Gasteiger partial charge is 0.269 e. The first-order chi connectivity index (χ1) is 6.45. The first kappa shape index (κ1) is 11.6. The Morgan fingerprint density at radius 3 is 2.50 bits per heavy atom. The lowest BCUT2D eigenvalue weighted by Gasteiger charge is -2.15. The minimum atomic E-state index is -2.81. The lowest BCUT2D eigenvalue weighted by Crippen LogP contribution is -2.16. The van der Waals surface area contributed by atoms with Crippen LogP contribution in [-0.4, -0.2) is 21.3 Å². The summed E-state index contributed by atoms with van der Waals surface area (Å²) in [6.07, 6.45) is -3.20. The number of hydrogen-bond acceptors (Lipinski definition) is 2. The summed E-state index contributed by atoms with van der Waals surface area (Å²) in [5, 5.41) is 13.2. The Kier molecular flexibility index (Phi) is 3.60. The van der Waals surface area contributed by atoms with Crippen molar-refractivity contribution >= 4 is 15.9 Å². The molecular weight excluding hydrogens is 258 g/mol. The van der Waals surface area contributed by atoms with E-state index >= 15 is 0 Å². The Hall–Kier alpha value is -0.490. The van der Waals surface area contributed by atoms with Gasteiger partial charge in [0.1, 0.15) is 0 Å². The van der Waals surface area contributed by atoms with Crippen LogP contribution in [0.25, 0.3) is 0 Å². The highest BCUT2D eigenvalue weighted by atomic mass is 79.9. The molecule has 0 fully saturated rings. The van der Waals surface area contributed by atoms with Crippen LogP contribution in [0.15, 0.2) is 10.7 Å². The zero-order chi connectivity index (χ0) is 10.9. The van der Waals surface area contributed by atoms with Gasteiger partial charge in [-0.1, -0.05) is 0 Å². The molecule has 0 saturated carbocycles. The Bertz CT molecular complexity index is 314. The number of hydrogen-bond donors (Lipinski definition) is 1. The quantitative estimate of drug-likeness (QED) is 0.915. The summed E-state index contributed by atoms with van der Waals surface area (Å²) < 4.78 is 26.4. The number of rotatable bonds is 3. The van der Waals surface area contributed by atoms with E-state index in [1.165, 1.54) is 10.9 Å². The van der Waals surface area contributed by atoms with Gasteiger partial charge in [-0.2, -0.15) is 5.10 Å². The van der Waals surface area contributed by atoms with E-state index in [0.717, 1.165) is 0 Å². The third-order valence-corrected chi connectivity index (χ3v) is 2.41. The molecule has 0 aromatic carbocycles. The van der Waals surface area contributed by atoms with Crippen molar-refractivity contribution in [3.8, 4) is 0 Å². The van der Waals surface area contributed by atoms with Gasteiger partial charge < -0.3 is 5.11 Å². The fourth-order valence-electron chi connectivity index (χ4n) is 1.16. The number of aliphatic hydroxyl groups excluding tert-OH is 1. The highest BCUT2D eigenvalue weighted by Crippen LogP contribution is 2.29. The Labute approximate surface area is 88.9 Å². The second-order valence-corrected chi connectivity index (χ2v) is 4.05. The fraction of sp³-hybridized carbons (Fsp3) is 0.625. The zero-order valence-electron chi connectivity index (χ0n) is 7.78. The molecule has 1 heterocycles. The molecular formula is C8H11BrF2N2O. The van der Waals surface area contributed by atoms with Gasteiger partial charge in [0.15, 0.2) is 6.10 Å². The zero-order valence-corrected chi connectivity index (χ0v) is 9.37. The van der Waals surface area contributed by atoms with Crippen molar-refractivity contribution in [3.63, 3.8) is 0 Å². The molecule has 0 aliphatic heterocycles. The molecule has 0 radical (unpaired) electrons. The summed E-state index contributed by atoms with van der Waals surface area (Å²) in [5.74, 6) is 0. The van der Waals surface area contributed by atoms with Gasteiger partial charge in [-0.25, -0.2) is 8.78 Å². The first-order valence-electron chi connectivity index (χ1n) is 4.14. The third kappa shape index (κ3) is 2.12. The van der Waals surface area contributed by atoms with E-state index in [0.29, 0.717) is 4.47 Å². The average Bonchev–Trinajstić information content (AvgIpc) is 2.45. The van der Waals surface area contributed by atoms with Gasteiger partial charge in [-0.3, -0.25) is 4.68 Å². The summed E-state index contributed by atoms with van der Waals surface area (Å²) >= 11 is 3.08. The van der Waals surface area contributed by atoms with Crippen LogP contribution in [0.2, 0.25) is 0 Å². The van der Waals surface area contributed by atoms with Crippen LogP contribution in [0.5, 0.6) is 0 Å². The molecule has 80 valence electrons. The maximum atomic E-state index is 12.3. The predicted octanol–water partition coefficient (Wildman–Crippen LogP) is 2.53. The van der Waals surface area contributed by atoms with E-state index in [9.17, 15) is 13.9 Å². The molecule has 1 aromatic heterocycles. The SMILES string of the molecule is CC(C)n1ncc(Br)c1C(O)C(F)F. The Morgan fingerprint density at radius 1 is 1.50 bits per heavy atom. The molecule has 0 saturated heterocycles. The second-order valence-electron chi connectivity index (χ2n) is 3.20. The van der Waals surface area contributed by atoms with Crippen molar-refractivity contribution in [2.45, 2.75) is 32.4 Å². The maximum Gasteiger partial charge on any atom is 0.269 e. The van der Waals surface area contributed by atoms with E-state index in [1.807, 2.05) is 0 Å². The largest absolute Gasteiger partial charge is 0.381 e. The monoisotopic (exact) mass is 268 g/mol. The number of halogens is 3. The van der Waals surface area contributed by atoms with E-state index in [2.05, 4.69) is 21.0 Å². The standard InChI is InChI=1S/C8H11BrF2N2O/c1-4(2)13-6(5(9)3-12-13)7(14)8(10)11/h3-4,7-8,14H,1-2H3. The van der Waals surface area contributed by atoms with Gasteiger partial charge in [0.05, 0.1) is 16.4 Å². The van der Waals surface area contributed by atoms with Crippen molar-refractivity contribution in [2.24, 2.45) is 0 Å². The van der Waals surface area contributed by atoms with Crippen molar-refractivity contribution < 1.29 is 13.9 Å². The van der Waals surface area contributed by atoms with Gasteiger partial charge in [0, 0.05) is 6.04 Å². The van der Waals surface area contributed by atoms with Crippen LogP contribution in [0.3, 0.4) is 0 Å².